The van der Waals surface area contributed by atoms with Gasteiger partial charge in [-0.25, -0.2) is 4.99 Å². The van der Waals surface area contributed by atoms with E-state index in [-0.39, 0.29) is 0 Å². The van der Waals surface area contributed by atoms with Gasteiger partial charge in [0.2, 0.25) is 0 Å². The van der Waals surface area contributed by atoms with Crippen LogP contribution in [0.5, 0.6) is 0 Å². The van der Waals surface area contributed by atoms with Crippen molar-refractivity contribution in [3.05, 3.63) is 187 Å². The SMILES string of the molecule is C(=NC(=NCc1ccccc1)c1ccccc1)c1ccc(-c2cccnc2)c2sc3c(-c4ccccc4)cc(-c4ccccc4)cc3c12. The second kappa shape index (κ2) is 13.4. The lowest BCUT2D eigenvalue weighted by molar-refractivity contribution is 1.06. The van der Waals surface area contributed by atoms with E-state index < -0.39 is 0 Å². The highest BCUT2D eigenvalue weighted by Gasteiger charge is 2.18. The molecule has 0 aliphatic rings. The topological polar surface area (TPSA) is 37.6 Å². The molecule has 6 aromatic carbocycles. The molecule has 0 aliphatic carbocycles. The Morgan fingerprint density at radius 2 is 1.25 bits per heavy atom. The number of nitrogens with zero attached hydrogens (tertiary/aromatic N) is 3. The van der Waals surface area contributed by atoms with E-state index in [1.54, 1.807) is 0 Å². The van der Waals surface area contributed by atoms with Gasteiger partial charge in [0, 0.05) is 66.6 Å². The third kappa shape index (κ3) is 5.97. The first kappa shape index (κ1) is 29.4. The summed E-state index contributed by atoms with van der Waals surface area (Å²) in [5.41, 5.74) is 10.2. The second-order valence-corrected chi connectivity index (χ2v) is 12.7. The summed E-state index contributed by atoms with van der Waals surface area (Å²) in [4.78, 5) is 14.6. The average molecular weight is 634 g/mol. The third-order valence-corrected chi connectivity index (χ3v) is 9.80. The minimum absolute atomic E-state index is 0.556. The normalized spacial score (nSPS) is 11.9. The Morgan fingerprint density at radius 1 is 0.583 bits per heavy atom. The van der Waals surface area contributed by atoms with Gasteiger partial charge >= 0.3 is 0 Å². The monoisotopic (exact) mass is 633 g/mol. The first-order valence-electron chi connectivity index (χ1n) is 16.0. The number of pyridine rings is 1. The molecule has 8 aromatic rings. The maximum Gasteiger partial charge on any atom is 0.154 e. The van der Waals surface area contributed by atoms with E-state index in [9.17, 15) is 0 Å². The number of hydrogen-bond acceptors (Lipinski definition) is 3. The number of rotatable bonds is 7. The van der Waals surface area contributed by atoms with Crippen molar-refractivity contribution in [1.29, 1.82) is 0 Å². The molecule has 0 saturated carbocycles. The van der Waals surface area contributed by atoms with Crippen LogP contribution in [0.3, 0.4) is 0 Å². The van der Waals surface area contributed by atoms with E-state index in [1.165, 1.54) is 42.4 Å². The van der Waals surface area contributed by atoms with Crippen LogP contribution >= 0.6 is 11.3 Å². The zero-order valence-corrected chi connectivity index (χ0v) is 27.0. The fourth-order valence-corrected chi connectivity index (χ4v) is 7.56. The predicted octanol–water partition coefficient (Wildman–Crippen LogP) is 11.5. The molecule has 3 nitrogen and oxygen atoms in total. The molecule has 0 radical (unpaired) electrons. The van der Waals surface area contributed by atoms with Crippen molar-refractivity contribution in [2.24, 2.45) is 9.98 Å². The summed E-state index contributed by atoms with van der Waals surface area (Å²) in [6, 6.07) is 55.1. The van der Waals surface area contributed by atoms with Crippen LogP contribution in [-0.2, 0) is 6.54 Å². The van der Waals surface area contributed by atoms with E-state index in [0.29, 0.717) is 12.4 Å². The first-order chi connectivity index (χ1) is 23.8. The van der Waals surface area contributed by atoms with E-state index in [1.807, 2.05) is 72.4 Å². The average Bonchev–Trinajstić information content (AvgIpc) is 3.56. The zero-order valence-electron chi connectivity index (χ0n) is 26.2. The Labute approximate surface area is 284 Å². The van der Waals surface area contributed by atoms with Gasteiger partial charge in [-0.15, -0.1) is 11.3 Å². The standard InChI is InChI=1S/C44H31N3S/c1-5-14-31(15-6-1)28-46-44(34-20-11-4-12-21-34)47-30-36-23-24-38(35-22-13-25-45-29-35)43-41(36)40-27-37(32-16-7-2-8-17-32)26-39(42(40)48-43)33-18-9-3-10-19-33/h1-27,29-30H,28H2. The molecular weight excluding hydrogens is 603 g/mol. The van der Waals surface area contributed by atoms with Crippen molar-refractivity contribution in [2.75, 3.05) is 0 Å². The number of aliphatic imine (C=N–C) groups is 2. The summed E-state index contributed by atoms with van der Waals surface area (Å²) >= 11 is 1.84. The van der Waals surface area contributed by atoms with Crippen molar-refractivity contribution >= 4 is 43.6 Å². The number of hydrogen-bond donors (Lipinski definition) is 0. The Hall–Kier alpha value is -5.97. The van der Waals surface area contributed by atoms with Gasteiger partial charge in [0.15, 0.2) is 5.84 Å². The Balaban J connectivity index is 1.37. The van der Waals surface area contributed by atoms with Gasteiger partial charge in [0.25, 0.3) is 0 Å². The molecule has 228 valence electrons. The van der Waals surface area contributed by atoms with Crippen molar-refractivity contribution in [3.8, 4) is 33.4 Å². The molecule has 0 bridgehead atoms. The Morgan fingerprint density at radius 3 is 1.96 bits per heavy atom. The highest BCUT2D eigenvalue weighted by Crippen LogP contribution is 2.46. The summed E-state index contributed by atoms with van der Waals surface area (Å²) in [6.45, 7) is 0.556. The van der Waals surface area contributed by atoms with Gasteiger partial charge < -0.3 is 0 Å². The van der Waals surface area contributed by atoms with Crippen LogP contribution in [0.1, 0.15) is 16.7 Å². The maximum atomic E-state index is 5.10. The minimum Gasteiger partial charge on any atom is -0.264 e. The van der Waals surface area contributed by atoms with Crippen molar-refractivity contribution in [1.82, 2.24) is 4.98 Å². The highest BCUT2D eigenvalue weighted by molar-refractivity contribution is 7.27. The molecule has 2 heterocycles. The summed E-state index contributed by atoms with van der Waals surface area (Å²) < 4.78 is 2.47. The highest BCUT2D eigenvalue weighted by atomic mass is 32.1. The second-order valence-electron chi connectivity index (χ2n) is 11.6. The van der Waals surface area contributed by atoms with Crippen LogP contribution < -0.4 is 0 Å². The molecule has 48 heavy (non-hydrogen) atoms. The molecule has 0 amide bonds. The lowest BCUT2D eigenvalue weighted by Crippen LogP contribution is -2.00. The van der Waals surface area contributed by atoms with Crippen molar-refractivity contribution in [2.45, 2.75) is 6.54 Å². The molecule has 2 aromatic heterocycles. The summed E-state index contributed by atoms with van der Waals surface area (Å²) in [5, 5.41) is 2.40. The largest absolute Gasteiger partial charge is 0.264 e. The quantitative estimate of drug-likeness (QED) is 0.127. The van der Waals surface area contributed by atoms with Gasteiger partial charge in [0.05, 0.1) is 6.54 Å². The third-order valence-electron chi connectivity index (χ3n) is 8.53. The molecule has 0 fully saturated rings. The molecule has 8 rings (SSSR count). The predicted molar refractivity (Wildman–Crippen MR) is 204 cm³/mol. The van der Waals surface area contributed by atoms with Gasteiger partial charge in [0.1, 0.15) is 0 Å². The van der Waals surface area contributed by atoms with E-state index in [0.717, 1.165) is 27.8 Å². The molecule has 4 heteroatoms. The smallest absolute Gasteiger partial charge is 0.154 e. The van der Waals surface area contributed by atoms with Crippen LogP contribution in [0, 0.1) is 0 Å². The molecular formula is C44H31N3S. The van der Waals surface area contributed by atoms with Crippen LogP contribution in [0.2, 0.25) is 0 Å². The molecule has 0 saturated heterocycles. The summed E-state index contributed by atoms with van der Waals surface area (Å²) in [5.74, 6) is 0.707. The number of amidine groups is 1. The molecule has 0 N–H and O–H groups in total. The lowest BCUT2D eigenvalue weighted by Gasteiger charge is -2.10. The van der Waals surface area contributed by atoms with E-state index in [2.05, 4.69) is 120 Å². The zero-order chi connectivity index (χ0) is 32.1. The van der Waals surface area contributed by atoms with Gasteiger partial charge in [-0.05, 0) is 40.5 Å². The fourth-order valence-electron chi connectivity index (χ4n) is 6.17. The lowest BCUT2D eigenvalue weighted by atomic mass is 9.94. The minimum atomic E-state index is 0.556. The van der Waals surface area contributed by atoms with Crippen LogP contribution in [0.15, 0.2) is 180 Å². The van der Waals surface area contributed by atoms with Gasteiger partial charge in [-0.3, -0.25) is 9.98 Å². The van der Waals surface area contributed by atoms with Gasteiger partial charge in [-0.2, -0.15) is 0 Å². The molecule has 0 atom stereocenters. The first-order valence-corrected chi connectivity index (χ1v) is 16.9. The Kier molecular flexibility index (Phi) is 8.22. The fraction of sp³-hybridized carbons (Fsp3) is 0.0227. The summed E-state index contributed by atoms with van der Waals surface area (Å²) in [7, 11) is 0. The number of thiophene rings is 1. The number of aromatic nitrogens is 1. The molecule has 0 unspecified atom stereocenters. The van der Waals surface area contributed by atoms with E-state index >= 15 is 0 Å². The van der Waals surface area contributed by atoms with Crippen LogP contribution in [0.4, 0.5) is 0 Å². The maximum absolute atomic E-state index is 5.10. The van der Waals surface area contributed by atoms with Gasteiger partial charge in [-0.1, -0.05) is 140 Å². The molecule has 0 spiro atoms. The van der Waals surface area contributed by atoms with Crippen molar-refractivity contribution < 1.29 is 0 Å². The number of fused-ring (bicyclic) bond motifs is 3. The van der Waals surface area contributed by atoms with Crippen LogP contribution in [0.25, 0.3) is 53.6 Å². The summed E-state index contributed by atoms with van der Waals surface area (Å²) in [6.07, 6.45) is 5.77. The van der Waals surface area contributed by atoms with E-state index in [4.69, 9.17) is 9.98 Å². The van der Waals surface area contributed by atoms with Crippen molar-refractivity contribution in [3.63, 3.8) is 0 Å². The number of benzene rings is 6. The Bertz CT molecular complexity index is 2380. The van der Waals surface area contributed by atoms with Crippen LogP contribution in [-0.4, -0.2) is 17.0 Å². The molecule has 0 aliphatic heterocycles.